The molecule has 2 heteroatoms. The average Bonchev–Trinajstić information content (AvgIpc) is 2.21. The van der Waals surface area contributed by atoms with Crippen LogP contribution >= 0.6 is 11.6 Å². The Hall–Kier alpha value is 0.250. The van der Waals surface area contributed by atoms with E-state index in [-0.39, 0.29) is 0 Å². The second kappa shape index (κ2) is 11.3. The van der Waals surface area contributed by atoms with Crippen LogP contribution in [0.25, 0.3) is 0 Å². The van der Waals surface area contributed by atoms with Gasteiger partial charge in [0.05, 0.1) is 0 Å². The minimum absolute atomic E-state index is 0.352. The van der Waals surface area contributed by atoms with Crippen LogP contribution in [0.15, 0.2) is 0 Å². The topological polar surface area (TPSA) is 20.2 Å². The summed E-state index contributed by atoms with van der Waals surface area (Å²) in [4.78, 5) is 0. The van der Waals surface area contributed by atoms with Gasteiger partial charge in [0.15, 0.2) is 0 Å². The van der Waals surface area contributed by atoms with Crippen molar-refractivity contribution in [1.29, 1.82) is 0 Å². The number of aliphatic hydroxyl groups is 1. The highest BCUT2D eigenvalue weighted by Crippen LogP contribution is 2.13. The molecule has 0 heterocycles. The number of alkyl halides is 1. The van der Waals surface area contributed by atoms with Crippen LogP contribution in [-0.4, -0.2) is 17.1 Å². The first-order valence-electron chi connectivity index (χ1n) is 6.06. The fraction of sp³-hybridized carbons (Fsp3) is 1.00. The molecule has 0 aliphatic rings. The lowest BCUT2D eigenvalue weighted by Crippen LogP contribution is -1.95. The maximum Gasteiger partial charge on any atom is 0.0431 e. The molecule has 0 radical (unpaired) electrons. The minimum atomic E-state index is 0.352. The van der Waals surface area contributed by atoms with E-state index in [0.717, 1.165) is 12.8 Å². The van der Waals surface area contributed by atoms with Crippen LogP contribution in [-0.2, 0) is 0 Å². The van der Waals surface area contributed by atoms with Crippen LogP contribution < -0.4 is 0 Å². The van der Waals surface area contributed by atoms with E-state index in [4.69, 9.17) is 16.7 Å². The number of rotatable bonds is 10. The molecule has 0 saturated carbocycles. The summed E-state index contributed by atoms with van der Waals surface area (Å²) < 4.78 is 0. The third kappa shape index (κ3) is 10.3. The van der Waals surface area contributed by atoms with E-state index in [0.29, 0.717) is 12.0 Å². The summed E-state index contributed by atoms with van der Waals surface area (Å²) in [6.07, 6.45) is 11.0. The number of hydrogen-bond donors (Lipinski definition) is 1. The summed E-state index contributed by atoms with van der Waals surface area (Å²) in [6, 6.07) is 0. The maximum absolute atomic E-state index is 8.58. The van der Waals surface area contributed by atoms with Crippen molar-refractivity contribution in [3.8, 4) is 0 Å². The Morgan fingerprint density at radius 3 is 1.93 bits per heavy atom. The molecule has 0 aliphatic heterocycles. The van der Waals surface area contributed by atoms with Crippen LogP contribution in [0, 0.1) is 0 Å². The van der Waals surface area contributed by atoms with Crippen molar-refractivity contribution in [2.45, 2.75) is 70.1 Å². The van der Waals surface area contributed by atoms with Gasteiger partial charge in [-0.1, -0.05) is 45.4 Å². The molecule has 0 fully saturated rings. The predicted octanol–water partition coefficient (Wildman–Crippen LogP) is 4.12. The molecule has 0 aromatic carbocycles. The summed E-state index contributed by atoms with van der Waals surface area (Å²) in [5.74, 6) is 0. The van der Waals surface area contributed by atoms with Gasteiger partial charge in [0.25, 0.3) is 0 Å². The molecule has 0 saturated heterocycles. The van der Waals surface area contributed by atoms with Crippen LogP contribution in [0.2, 0.25) is 0 Å². The second-order valence-corrected chi connectivity index (χ2v) is 4.61. The highest BCUT2D eigenvalue weighted by Gasteiger charge is 1.99. The van der Waals surface area contributed by atoms with Crippen molar-refractivity contribution in [2.75, 3.05) is 6.61 Å². The predicted molar refractivity (Wildman–Crippen MR) is 64.0 cm³/mol. The molecule has 1 unspecified atom stereocenters. The highest BCUT2D eigenvalue weighted by atomic mass is 35.5. The fourth-order valence-electron chi connectivity index (χ4n) is 1.57. The van der Waals surface area contributed by atoms with Crippen molar-refractivity contribution >= 4 is 11.6 Å². The summed E-state index contributed by atoms with van der Waals surface area (Å²) >= 11 is 6.02. The number of halogens is 1. The quantitative estimate of drug-likeness (QED) is 0.434. The van der Waals surface area contributed by atoms with Gasteiger partial charge in [0.2, 0.25) is 0 Å². The monoisotopic (exact) mass is 220 g/mol. The number of unbranched alkanes of at least 4 members (excludes halogenated alkanes) is 6. The Balaban J connectivity index is 2.92. The molecule has 1 atom stereocenters. The first-order valence-corrected chi connectivity index (χ1v) is 6.49. The molecule has 0 aromatic rings. The summed E-state index contributed by atoms with van der Waals surface area (Å²) in [5, 5.41) is 8.97. The third-order valence-electron chi connectivity index (χ3n) is 2.62. The van der Waals surface area contributed by atoms with Crippen molar-refractivity contribution < 1.29 is 5.11 Å². The van der Waals surface area contributed by atoms with Crippen molar-refractivity contribution in [3.63, 3.8) is 0 Å². The average molecular weight is 221 g/mol. The lowest BCUT2D eigenvalue weighted by Gasteiger charge is -2.05. The Morgan fingerprint density at radius 2 is 1.43 bits per heavy atom. The van der Waals surface area contributed by atoms with Crippen LogP contribution in [0.1, 0.15) is 64.7 Å². The zero-order valence-electron chi connectivity index (χ0n) is 9.47. The van der Waals surface area contributed by atoms with E-state index in [1.54, 1.807) is 0 Å². The first-order chi connectivity index (χ1) is 6.81. The van der Waals surface area contributed by atoms with Crippen LogP contribution in [0.4, 0.5) is 0 Å². The van der Waals surface area contributed by atoms with E-state index in [1.807, 2.05) is 0 Å². The van der Waals surface area contributed by atoms with Crippen molar-refractivity contribution in [3.05, 3.63) is 0 Å². The summed E-state index contributed by atoms with van der Waals surface area (Å²) in [5.41, 5.74) is 0. The standard InChI is InChI=1S/C12H25ClO/c1-2-12(13)10-8-6-4-3-5-7-9-11-14/h12,14H,2-11H2,1H3. The molecule has 0 aliphatic carbocycles. The third-order valence-corrected chi connectivity index (χ3v) is 3.15. The van der Waals surface area contributed by atoms with E-state index in [1.165, 1.54) is 44.9 Å². The normalized spacial score (nSPS) is 13.1. The van der Waals surface area contributed by atoms with Crippen molar-refractivity contribution in [1.82, 2.24) is 0 Å². The van der Waals surface area contributed by atoms with E-state index >= 15 is 0 Å². The molecule has 1 nitrogen and oxygen atoms in total. The largest absolute Gasteiger partial charge is 0.396 e. The van der Waals surface area contributed by atoms with Crippen LogP contribution in [0.3, 0.4) is 0 Å². The number of aliphatic hydroxyl groups excluding tert-OH is 1. The van der Waals surface area contributed by atoms with Gasteiger partial charge in [-0.3, -0.25) is 0 Å². The van der Waals surface area contributed by atoms with Gasteiger partial charge >= 0.3 is 0 Å². The Morgan fingerprint density at radius 1 is 0.929 bits per heavy atom. The minimum Gasteiger partial charge on any atom is -0.396 e. The second-order valence-electron chi connectivity index (χ2n) is 3.99. The van der Waals surface area contributed by atoms with E-state index in [9.17, 15) is 0 Å². The number of hydrogen-bond acceptors (Lipinski definition) is 1. The fourth-order valence-corrected chi connectivity index (χ4v) is 1.72. The van der Waals surface area contributed by atoms with Gasteiger partial charge in [0.1, 0.15) is 0 Å². The lowest BCUT2D eigenvalue weighted by atomic mass is 10.1. The molecule has 0 amide bonds. The molecule has 0 aromatic heterocycles. The Kier molecular flexibility index (Phi) is 11.5. The van der Waals surface area contributed by atoms with Gasteiger partial charge < -0.3 is 5.11 Å². The van der Waals surface area contributed by atoms with E-state index < -0.39 is 0 Å². The zero-order chi connectivity index (χ0) is 10.6. The van der Waals surface area contributed by atoms with Gasteiger partial charge in [0, 0.05) is 12.0 Å². The molecule has 14 heavy (non-hydrogen) atoms. The van der Waals surface area contributed by atoms with Gasteiger partial charge in [-0.2, -0.15) is 0 Å². The molecular weight excluding hydrogens is 196 g/mol. The van der Waals surface area contributed by atoms with E-state index in [2.05, 4.69) is 6.92 Å². The summed E-state index contributed by atoms with van der Waals surface area (Å²) in [7, 11) is 0. The smallest absolute Gasteiger partial charge is 0.0431 e. The molecule has 1 N–H and O–H groups in total. The Labute approximate surface area is 93.9 Å². The SMILES string of the molecule is CCC(Cl)CCCCCCCCCO. The molecular formula is C12H25ClO. The first kappa shape index (κ1) is 14.2. The van der Waals surface area contributed by atoms with Crippen LogP contribution in [0.5, 0.6) is 0 Å². The molecule has 0 bridgehead atoms. The maximum atomic E-state index is 8.58. The molecule has 86 valence electrons. The van der Waals surface area contributed by atoms with Gasteiger partial charge in [-0.25, -0.2) is 0 Å². The zero-order valence-corrected chi connectivity index (χ0v) is 10.2. The lowest BCUT2D eigenvalue weighted by molar-refractivity contribution is 0.282. The Bertz CT molecular complexity index is 106. The summed E-state index contributed by atoms with van der Waals surface area (Å²) in [6.45, 7) is 2.50. The molecule has 0 rings (SSSR count). The van der Waals surface area contributed by atoms with Crippen molar-refractivity contribution in [2.24, 2.45) is 0 Å². The van der Waals surface area contributed by atoms with Gasteiger partial charge in [-0.05, 0) is 19.3 Å². The highest BCUT2D eigenvalue weighted by molar-refractivity contribution is 6.20. The van der Waals surface area contributed by atoms with Gasteiger partial charge in [-0.15, -0.1) is 11.6 Å². The molecule has 0 spiro atoms.